The maximum Gasteiger partial charge on any atom is 0.431 e. The smallest absolute Gasteiger partial charge is 0.431 e. The van der Waals surface area contributed by atoms with Crippen molar-refractivity contribution in [3.8, 4) is 0 Å². The minimum absolute atomic E-state index is 0.00961. The highest BCUT2D eigenvalue weighted by atomic mass is 19.4. The van der Waals surface area contributed by atoms with E-state index in [0.717, 1.165) is 4.57 Å². The van der Waals surface area contributed by atoms with Crippen LogP contribution in [-0.2, 0) is 22.8 Å². The lowest BCUT2D eigenvalue weighted by atomic mass is 10.1. The molecule has 0 aliphatic carbocycles. The van der Waals surface area contributed by atoms with Gasteiger partial charge >= 0.3 is 12.3 Å². The Bertz CT molecular complexity index is 1010. The van der Waals surface area contributed by atoms with E-state index in [9.17, 15) is 27.6 Å². The van der Waals surface area contributed by atoms with Crippen molar-refractivity contribution in [3.05, 3.63) is 40.2 Å². The second-order valence-corrected chi connectivity index (χ2v) is 7.54. The zero-order valence-corrected chi connectivity index (χ0v) is 16.6. The Kier molecular flexibility index (Phi) is 5.96. The number of anilines is 1. The lowest BCUT2D eigenvalue weighted by molar-refractivity contribution is -0.143. The van der Waals surface area contributed by atoms with Crippen molar-refractivity contribution < 1.29 is 27.5 Å². The number of nitrogens with zero attached hydrogens (tertiary/aromatic N) is 1. The molecule has 0 unspecified atom stereocenters. The first kappa shape index (κ1) is 22.3. The Morgan fingerprint density at radius 1 is 1.14 bits per heavy atom. The number of alkyl halides is 3. The molecule has 7 nitrogen and oxygen atoms in total. The van der Waals surface area contributed by atoms with Gasteiger partial charge < -0.3 is 19.9 Å². The number of hydrogen-bond donors (Lipinski definition) is 2. The third-order valence-corrected chi connectivity index (χ3v) is 3.94. The molecule has 1 atom stereocenters. The summed E-state index contributed by atoms with van der Waals surface area (Å²) < 4.78 is 45.3. The van der Waals surface area contributed by atoms with Crippen LogP contribution in [0.1, 0.15) is 33.4 Å². The van der Waals surface area contributed by atoms with Crippen molar-refractivity contribution in [2.75, 3.05) is 5.32 Å². The Labute approximate surface area is 164 Å². The maximum absolute atomic E-state index is 13.1. The lowest BCUT2D eigenvalue weighted by Gasteiger charge is -2.21. The van der Waals surface area contributed by atoms with Crippen molar-refractivity contribution in [1.29, 1.82) is 0 Å². The standard InChI is InChI=1S/C19H22F3N3O4/c1-10(23-17(28)29-18(2,3)4)16(27)24-11-6-7-12-13(8-11)25(5)15(9-14(12)26)19(20,21)22/h6-10H,1-5H3,(H,23,28)(H,24,27)/t10-/m1/s1. The average Bonchev–Trinajstić information content (AvgIpc) is 2.55. The molecule has 0 radical (unpaired) electrons. The van der Waals surface area contributed by atoms with Gasteiger partial charge in [-0.05, 0) is 45.9 Å². The van der Waals surface area contributed by atoms with E-state index in [1.165, 1.54) is 32.2 Å². The fourth-order valence-corrected chi connectivity index (χ4v) is 2.60. The van der Waals surface area contributed by atoms with E-state index in [-0.39, 0.29) is 16.6 Å². The molecule has 1 aromatic carbocycles. The summed E-state index contributed by atoms with van der Waals surface area (Å²) in [5.41, 5.74) is -2.42. The van der Waals surface area contributed by atoms with Gasteiger partial charge in [0, 0.05) is 24.2 Å². The topological polar surface area (TPSA) is 89.4 Å². The van der Waals surface area contributed by atoms with E-state index in [1.807, 2.05) is 0 Å². The minimum Gasteiger partial charge on any atom is -0.444 e. The molecule has 2 aromatic rings. The van der Waals surface area contributed by atoms with Crippen molar-refractivity contribution in [2.45, 2.75) is 45.5 Å². The van der Waals surface area contributed by atoms with Gasteiger partial charge in [-0.3, -0.25) is 9.59 Å². The number of hydrogen-bond acceptors (Lipinski definition) is 4. The number of carbonyl (C=O) groups excluding carboxylic acids is 2. The second kappa shape index (κ2) is 7.76. The molecule has 2 rings (SSSR count). The summed E-state index contributed by atoms with van der Waals surface area (Å²) in [7, 11) is 1.18. The maximum atomic E-state index is 13.1. The van der Waals surface area contributed by atoms with Crippen LogP contribution in [0.5, 0.6) is 0 Å². The van der Waals surface area contributed by atoms with Crippen molar-refractivity contribution in [3.63, 3.8) is 0 Å². The van der Waals surface area contributed by atoms with E-state index in [0.29, 0.717) is 6.07 Å². The Morgan fingerprint density at radius 2 is 1.76 bits per heavy atom. The van der Waals surface area contributed by atoms with E-state index in [4.69, 9.17) is 4.74 Å². The summed E-state index contributed by atoms with van der Waals surface area (Å²) in [6.45, 7) is 6.45. The van der Waals surface area contributed by atoms with E-state index in [2.05, 4.69) is 10.6 Å². The fraction of sp³-hybridized carbons (Fsp3) is 0.421. The highest BCUT2D eigenvalue weighted by molar-refractivity contribution is 5.97. The zero-order chi connectivity index (χ0) is 22.1. The number of pyridine rings is 1. The average molecular weight is 413 g/mol. The number of rotatable bonds is 3. The number of benzene rings is 1. The van der Waals surface area contributed by atoms with Crippen LogP contribution >= 0.6 is 0 Å². The zero-order valence-electron chi connectivity index (χ0n) is 16.6. The van der Waals surface area contributed by atoms with Gasteiger partial charge in [-0.2, -0.15) is 13.2 Å². The first-order chi connectivity index (χ1) is 13.2. The van der Waals surface area contributed by atoms with Gasteiger partial charge in [0.25, 0.3) is 0 Å². The summed E-state index contributed by atoms with van der Waals surface area (Å²) >= 11 is 0. The fourth-order valence-electron chi connectivity index (χ4n) is 2.60. The SMILES string of the molecule is C[C@@H](NC(=O)OC(C)(C)C)C(=O)Nc1ccc2c(=O)cc(C(F)(F)F)n(C)c2c1. The largest absolute Gasteiger partial charge is 0.444 e. The van der Waals surface area contributed by atoms with Gasteiger partial charge in [0.05, 0.1) is 5.52 Å². The lowest BCUT2D eigenvalue weighted by Crippen LogP contribution is -2.43. The van der Waals surface area contributed by atoms with Gasteiger partial charge in [-0.1, -0.05) is 0 Å². The first-order valence-electron chi connectivity index (χ1n) is 8.70. The summed E-state index contributed by atoms with van der Waals surface area (Å²) in [6.07, 6.45) is -5.48. The molecule has 2 N–H and O–H groups in total. The number of aromatic nitrogens is 1. The van der Waals surface area contributed by atoms with E-state index in [1.54, 1.807) is 20.8 Å². The summed E-state index contributed by atoms with van der Waals surface area (Å²) in [5, 5.41) is 4.95. The Hall–Kier alpha value is -3.04. The van der Waals surface area contributed by atoms with Gasteiger partial charge in [0.15, 0.2) is 5.43 Å². The van der Waals surface area contributed by atoms with Crippen molar-refractivity contribution in [1.82, 2.24) is 9.88 Å². The predicted octanol–water partition coefficient (Wildman–Crippen LogP) is 3.41. The molecule has 0 spiro atoms. The number of fused-ring (bicyclic) bond motifs is 1. The van der Waals surface area contributed by atoms with Crippen molar-refractivity contribution in [2.24, 2.45) is 7.05 Å². The molecule has 1 aromatic heterocycles. The van der Waals surface area contributed by atoms with E-state index >= 15 is 0 Å². The minimum atomic E-state index is -4.70. The number of aryl methyl sites for hydroxylation is 1. The van der Waals surface area contributed by atoms with Crippen LogP contribution in [0.2, 0.25) is 0 Å². The molecule has 29 heavy (non-hydrogen) atoms. The molecular formula is C19H22F3N3O4. The molecule has 0 fully saturated rings. The molecule has 0 aliphatic rings. The highest BCUT2D eigenvalue weighted by Crippen LogP contribution is 2.30. The van der Waals surface area contributed by atoms with Crippen LogP contribution in [0, 0.1) is 0 Å². The Morgan fingerprint density at radius 3 is 2.31 bits per heavy atom. The normalized spacial score (nSPS) is 13.1. The quantitative estimate of drug-likeness (QED) is 0.807. The predicted molar refractivity (Wildman–Crippen MR) is 102 cm³/mol. The van der Waals surface area contributed by atoms with E-state index < -0.39 is 40.9 Å². The van der Waals surface area contributed by atoms with Gasteiger partial charge in [0.2, 0.25) is 5.91 Å². The van der Waals surface area contributed by atoms with Crippen LogP contribution in [0.3, 0.4) is 0 Å². The highest BCUT2D eigenvalue weighted by Gasteiger charge is 2.34. The van der Waals surface area contributed by atoms with Crippen LogP contribution in [-0.4, -0.2) is 28.2 Å². The third kappa shape index (κ3) is 5.49. The van der Waals surface area contributed by atoms with Crippen LogP contribution < -0.4 is 16.1 Å². The molecule has 158 valence electrons. The van der Waals surface area contributed by atoms with Gasteiger partial charge in [-0.15, -0.1) is 0 Å². The van der Waals surface area contributed by atoms with Crippen LogP contribution in [0.25, 0.3) is 10.9 Å². The molecule has 10 heteroatoms. The molecular weight excluding hydrogens is 391 g/mol. The number of ether oxygens (including phenoxy) is 1. The summed E-state index contributed by atoms with van der Waals surface area (Å²) in [5.74, 6) is -0.604. The number of carbonyl (C=O) groups is 2. The monoisotopic (exact) mass is 413 g/mol. The second-order valence-electron chi connectivity index (χ2n) is 7.54. The molecule has 0 bridgehead atoms. The third-order valence-electron chi connectivity index (χ3n) is 3.94. The van der Waals surface area contributed by atoms with Crippen LogP contribution in [0.4, 0.5) is 23.7 Å². The molecule has 0 saturated heterocycles. The summed E-state index contributed by atoms with van der Waals surface area (Å²) in [4.78, 5) is 36.1. The Balaban J connectivity index is 2.26. The van der Waals surface area contributed by atoms with Crippen molar-refractivity contribution >= 4 is 28.6 Å². The molecule has 0 aliphatic heterocycles. The first-order valence-corrected chi connectivity index (χ1v) is 8.70. The van der Waals surface area contributed by atoms with Gasteiger partial charge in [0.1, 0.15) is 17.3 Å². The number of nitrogens with one attached hydrogen (secondary N) is 2. The number of halogens is 3. The van der Waals surface area contributed by atoms with Gasteiger partial charge in [-0.25, -0.2) is 4.79 Å². The molecule has 0 saturated carbocycles. The molecule has 2 amide bonds. The molecule has 1 heterocycles. The number of amides is 2. The summed E-state index contributed by atoms with van der Waals surface area (Å²) in [6, 6.07) is 3.57. The number of alkyl carbamates (subject to hydrolysis) is 1. The van der Waals surface area contributed by atoms with Crippen LogP contribution in [0.15, 0.2) is 29.1 Å².